The SMILES string of the molecule is O=C=C1CC(=C=O)C(C=Nc2ccc(Cl)cc2Cl)N=C1C=Nc1ccc(Cl)cc1Cl. The van der Waals surface area contributed by atoms with Gasteiger partial charge in [0, 0.05) is 28.3 Å². The van der Waals surface area contributed by atoms with Crippen molar-refractivity contribution >= 4 is 87.8 Å². The van der Waals surface area contributed by atoms with Crippen LogP contribution in [-0.2, 0) is 9.59 Å². The summed E-state index contributed by atoms with van der Waals surface area (Å²) in [5, 5.41) is 1.64. The van der Waals surface area contributed by atoms with Crippen molar-refractivity contribution < 1.29 is 9.59 Å². The molecule has 0 saturated heterocycles. The number of rotatable bonds is 4. The van der Waals surface area contributed by atoms with E-state index in [-0.39, 0.29) is 23.3 Å². The molecule has 1 aliphatic heterocycles. The van der Waals surface area contributed by atoms with Crippen molar-refractivity contribution in [3.8, 4) is 0 Å². The second-order valence-corrected chi connectivity index (χ2v) is 7.76. The van der Waals surface area contributed by atoms with Crippen LogP contribution in [0.1, 0.15) is 6.42 Å². The molecule has 5 nitrogen and oxygen atoms in total. The molecule has 2 aromatic carbocycles. The normalized spacial score (nSPS) is 16.7. The molecule has 0 bridgehead atoms. The van der Waals surface area contributed by atoms with Gasteiger partial charge in [0.2, 0.25) is 0 Å². The Labute approximate surface area is 192 Å². The van der Waals surface area contributed by atoms with E-state index in [4.69, 9.17) is 46.4 Å². The Morgan fingerprint density at radius 3 is 2.03 bits per heavy atom. The lowest BCUT2D eigenvalue weighted by Gasteiger charge is -2.17. The van der Waals surface area contributed by atoms with Crippen LogP contribution in [0.5, 0.6) is 0 Å². The largest absolute Gasteiger partial charge is 0.268 e. The number of benzene rings is 2. The Morgan fingerprint density at radius 2 is 1.50 bits per heavy atom. The van der Waals surface area contributed by atoms with E-state index in [1.165, 1.54) is 12.4 Å². The standard InChI is InChI=1S/C21H11Cl4N3O2/c22-14-1-3-18(16(24)6-14)26-8-20-12(10-29)5-13(11-30)21(28-20)9-27-19-4-2-15(23)7-17(19)25/h1-4,6-9,20H,5H2. The Kier molecular flexibility index (Phi) is 7.41. The van der Waals surface area contributed by atoms with Crippen LogP contribution in [0.2, 0.25) is 20.1 Å². The molecule has 0 fully saturated rings. The Hall–Kier alpha value is -2.49. The summed E-state index contributed by atoms with van der Waals surface area (Å²) in [5.41, 5.74) is 1.58. The van der Waals surface area contributed by atoms with Crippen molar-refractivity contribution in [1.82, 2.24) is 0 Å². The second-order valence-electron chi connectivity index (χ2n) is 6.07. The fraction of sp³-hybridized carbons (Fsp3) is 0.0952. The van der Waals surface area contributed by atoms with Crippen LogP contribution in [0.25, 0.3) is 0 Å². The lowest BCUT2D eigenvalue weighted by atomic mass is 9.95. The summed E-state index contributed by atoms with van der Waals surface area (Å²) in [6.07, 6.45) is 2.85. The zero-order valence-corrected chi connectivity index (χ0v) is 18.1. The van der Waals surface area contributed by atoms with Crippen LogP contribution >= 0.6 is 46.4 Å². The van der Waals surface area contributed by atoms with Gasteiger partial charge in [-0.1, -0.05) is 46.4 Å². The van der Waals surface area contributed by atoms with E-state index in [1.54, 1.807) is 42.3 Å². The molecule has 0 spiro atoms. The van der Waals surface area contributed by atoms with E-state index in [0.29, 0.717) is 31.5 Å². The summed E-state index contributed by atoms with van der Waals surface area (Å²) in [5.74, 6) is 3.62. The van der Waals surface area contributed by atoms with Crippen LogP contribution < -0.4 is 0 Å². The van der Waals surface area contributed by atoms with Gasteiger partial charge >= 0.3 is 0 Å². The van der Waals surface area contributed by atoms with Crippen molar-refractivity contribution in [3.63, 3.8) is 0 Å². The second kappa shape index (κ2) is 10.0. The molecular formula is C21H11Cl4N3O2. The molecular weight excluding hydrogens is 468 g/mol. The third kappa shape index (κ3) is 5.35. The Morgan fingerprint density at radius 1 is 0.900 bits per heavy atom. The number of hydrogen-bond acceptors (Lipinski definition) is 5. The molecule has 1 atom stereocenters. The molecule has 0 aliphatic carbocycles. The van der Waals surface area contributed by atoms with Crippen LogP contribution in [-0.4, -0.2) is 36.1 Å². The van der Waals surface area contributed by atoms with Crippen LogP contribution in [0.4, 0.5) is 11.4 Å². The maximum absolute atomic E-state index is 11.4. The van der Waals surface area contributed by atoms with Gasteiger partial charge in [-0.25, -0.2) is 9.59 Å². The summed E-state index contributed by atoms with van der Waals surface area (Å²) < 4.78 is 0. The van der Waals surface area contributed by atoms with Gasteiger partial charge in [-0.3, -0.25) is 15.0 Å². The molecule has 9 heteroatoms. The van der Waals surface area contributed by atoms with Gasteiger partial charge in [0.1, 0.15) is 17.9 Å². The molecule has 30 heavy (non-hydrogen) atoms. The van der Waals surface area contributed by atoms with E-state index < -0.39 is 6.04 Å². The van der Waals surface area contributed by atoms with Gasteiger partial charge < -0.3 is 0 Å². The first kappa shape index (κ1) is 22.2. The van der Waals surface area contributed by atoms with E-state index in [1.807, 2.05) is 5.94 Å². The molecule has 150 valence electrons. The van der Waals surface area contributed by atoms with Gasteiger partial charge in [-0.05, 0) is 36.4 Å². The summed E-state index contributed by atoms with van der Waals surface area (Å²) in [6.45, 7) is 0. The van der Waals surface area contributed by atoms with Crippen molar-refractivity contribution in [2.45, 2.75) is 12.5 Å². The highest BCUT2D eigenvalue weighted by Gasteiger charge is 2.24. The zero-order valence-electron chi connectivity index (χ0n) is 15.1. The van der Waals surface area contributed by atoms with Crippen molar-refractivity contribution in [2.24, 2.45) is 15.0 Å². The quantitative estimate of drug-likeness (QED) is 0.391. The fourth-order valence-electron chi connectivity index (χ4n) is 2.56. The summed E-state index contributed by atoms with van der Waals surface area (Å²) in [4.78, 5) is 35.7. The highest BCUT2D eigenvalue weighted by Crippen LogP contribution is 2.30. The minimum absolute atomic E-state index is 0.0250. The fourth-order valence-corrected chi connectivity index (χ4v) is 3.48. The van der Waals surface area contributed by atoms with Crippen molar-refractivity contribution in [2.75, 3.05) is 0 Å². The lowest BCUT2D eigenvalue weighted by molar-refractivity contribution is 0.564. The average molecular weight is 479 g/mol. The summed E-state index contributed by atoms with van der Waals surface area (Å²) in [7, 11) is 0. The molecule has 0 amide bonds. The minimum atomic E-state index is -0.742. The first-order valence-electron chi connectivity index (χ1n) is 8.45. The number of aliphatic imine (C=N–C) groups is 3. The number of hydrogen-bond donors (Lipinski definition) is 0. The number of carbonyl (C=O) groups excluding carboxylic acids is 2. The molecule has 1 aliphatic rings. The molecule has 1 heterocycles. The van der Waals surface area contributed by atoms with Gasteiger partial charge in [-0.2, -0.15) is 0 Å². The number of allylic oxidation sites excluding steroid dienone is 1. The molecule has 2 aromatic rings. The zero-order chi connectivity index (χ0) is 21.7. The van der Waals surface area contributed by atoms with Crippen LogP contribution in [0.3, 0.4) is 0 Å². The van der Waals surface area contributed by atoms with Gasteiger partial charge in [0.05, 0.1) is 38.9 Å². The van der Waals surface area contributed by atoms with Crippen molar-refractivity contribution in [3.05, 3.63) is 67.6 Å². The molecule has 0 N–H and O–H groups in total. The highest BCUT2D eigenvalue weighted by molar-refractivity contribution is 6.42. The van der Waals surface area contributed by atoms with Gasteiger partial charge in [0.15, 0.2) is 0 Å². The molecule has 0 aromatic heterocycles. The third-order valence-electron chi connectivity index (χ3n) is 4.07. The Balaban J connectivity index is 1.95. The highest BCUT2D eigenvalue weighted by atomic mass is 35.5. The topological polar surface area (TPSA) is 71.2 Å². The van der Waals surface area contributed by atoms with E-state index in [0.717, 1.165) is 0 Å². The third-order valence-corrected chi connectivity index (χ3v) is 5.14. The Bertz CT molecular complexity index is 1190. The molecule has 3 rings (SSSR count). The predicted molar refractivity (Wildman–Crippen MR) is 123 cm³/mol. The van der Waals surface area contributed by atoms with E-state index in [9.17, 15) is 9.59 Å². The van der Waals surface area contributed by atoms with Crippen molar-refractivity contribution in [1.29, 1.82) is 0 Å². The van der Waals surface area contributed by atoms with Gasteiger partial charge in [-0.15, -0.1) is 0 Å². The maximum Gasteiger partial charge on any atom is 0.130 e. The summed E-state index contributed by atoms with van der Waals surface area (Å²) in [6, 6.07) is 8.91. The van der Waals surface area contributed by atoms with Gasteiger partial charge in [0.25, 0.3) is 0 Å². The first-order valence-corrected chi connectivity index (χ1v) is 9.97. The van der Waals surface area contributed by atoms with Crippen LogP contribution in [0.15, 0.2) is 62.5 Å². The van der Waals surface area contributed by atoms with E-state index >= 15 is 0 Å². The maximum atomic E-state index is 11.4. The first-order chi connectivity index (χ1) is 14.4. The minimum Gasteiger partial charge on any atom is -0.268 e. The van der Waals surface area contributed by atoms with Crippen LogP contribution in [0, 0.1) is 0 Å². The molecule has 0 saturated carbocycles. The summed E-state index contributed by atoms with van der Waals surface area (Å²) >= 11 is 24.0. The monoisotopic (exact) mass is 477 g/mol. The predicted octanol–water partition coefficient (Wildman–Crippen LogP) is 6.13. The lowest BCUT2D eigenvalue weighted by Crippen LogP contribution is -2.23. The number of halogens is 4. The number of nitrogens with zero attached hydrogens (tertiary/aromatic N) is 3. The molecule has 0 radical (unpaired) electrons. The molecule has 1 unspecified atom stereocenters. The van der Waals surface area contributed by atoms with E-state index in [2.05, 4.69) is 15.0 Å². The average Bonchev–Trinajstić information content (AvgIpc) is 2.72. The smallest absolute Gasteiger partial charge is 0.130 e.